The summed E-state index contributed by atoms with van der Waals surface area (Å²) in [5, 5.41) is 18.7. The number of ether oxygens (including phenoxy) is 5. The lowest BCUT2D eigenvalue weighted by Gasteiger charge is -2.21. The predicted molar refractivity (Wildman–Crippen MR) is 106 cm³/mol. The van der Waals surface area contributed by atoms with Crippen molar-refractivity contribution in [1.29, 1.82) is 0 Å². The van der Waals surface area contributed by atoms with Crippen LogP contribution in [0.25, 0.3) is 0 Å². The van der Waals surface area contributed by atoms with Crippen LogP contribution in [0, 0.1) is 0 Å². The van der Waals surface area contributed by atoms with Crippen LogP contribution in [0.5, 0.6) is 5.75 Å². The highest BCUT2D eigenvalue weighted by molar-refractivity contribution is 5.40. The Balaban J connectivity index is 2.12. The van der Waals surface area contributed by atoms with Crippen molar-refractivity contribution in [3.8, 4) is 5.75 Å². The van der Waals surface area contributed by atoms with Gasteiger partial charge in [0.25, 0.3) is 0 Å². The Morgan fingerprint density at radius 3 is 1.75 bits per heavy atom. The molecular weight excluding hydrogens is 366 g/mol. The number of hydrogen-bond donors (Lipinski definition) is 2. The van der Waals surface area contributed by atoms with E-state index in [9.17, 15) is 10.2 Å². The molecule has 0 fully saturated rings. The van der Waals surface area contributed by atoms with E-state index in [1.54, 1.807) is 32.4 Å². The Hall–Kier alpha value is -1.26. The minimum absolute atomic E-state index is 0.135. The SMILES string of the molecule is COCCN(CCOC)CCOCCOCCOc1c(CO)cccc1CO. The first-order valence-electron chi connectivity index (χ1n) is 9.57. The topological polar surface area (TPSA) is 89.9 Å². The van der Waals surface area contributed by atoms with Crippen LogP contribution in [-0.4, -0.2) is 95.2 Å². The first-order valence-corrected chi connectivity index (χ1v) is 9.57. The lowest BCUT2D eigenvalue weighted by Crippen LogP contribution is -2.33. The summed E-state index contributed by atoms with van der Waals surface area (Å²) in [7, 11) is 3.39. The molecule has 1 rings (SSSR count). The summed E-state index contributed by atoms with van der Waals surface area (Å²) < 4.78 is 27.0. The Kier molecular flexibility index (Phi) is 14.8. The number of para-hydroxylation sites is 1. The molecule has 0 aromatic heterocycles. The van der Waals surface area contributed by atoms with Gasteiger partial charge in [-0.3, -0.25) is 4.90 Å². The van der Waals surface area contributed by atoms with Crippen molar-refractivity contribution in [1.82, 2.24) is 4.90 Å². The highest BCUT2D eigenvalue weighted by atomic mass is 16.5. The zero-order valence-electron chi connectivity index (χ0n) is 17.1. The Morgan fingerprint density at radius 1 is 0.714 bits per heavy atom. The lowest BCUT2D eigenvalue weighted by atomic mass is 10.1. The Morgan fingerprint density at radius 2 is 1.21 bits per heavy atom. The second kappa shape index (κ2) is 16.7. The fourth-order valence-electron chi connectivity index (χ4n) is 2.57. The summed E-state index contributed by atoms with van der Waals surface area (Å²) in [4.78, 5) is 2.24. The van der Waals surface area contributed by atoms with Gasteiger partial charge in [0.1, 0.15) is 12.4 Å². The van der Waals surface area contributed by atoms with E-state index in [1.807, 2.05) is 0 Å². The number of hydrogen-bond acceptors (Lipinski definition) is 8. The molecule has 1 aromatic rings. The number of nitrogens with zero attached hydrogens (tertiary/aromatic N) is 1. The number of benzene rings is 1. The van der Waals surface area contributed by atoms with E-state index >= 15 is 0 Å². The van der Waals surface area contributed by atoms with Crippen molar-refractivity contribution >= 4 is 0 Å². The van der Waals surface area contributed by atoms with Crippen LogP contribution >= 0.6 is 0 Å². The minimum atomic E-state index is -0.135. The average molecular weight is 402 g/mol. The van der Waals surface area contributed by atoms with Gasteiger partial charge in [0.15, 0.2) is 0 Å². The van der Waals surface area contributed by atoms with Crippen molar-refractivity contribution < 1.29 is 33.9 Å². The predicted octanol–water partition coefficient (Wildman–Crippen LogP) is 0.678. The fourth-order valence-corrected chi connectivity index (χ4v) is 2.57. The fraction of sp³-hybridized carbons (Fsp3) is 0.700. The zero-order chi connectivity index (χ0) is 20.5. The zero-order valence-corrected chi connectivity index (χ0v) is 17.1. The number of methoxy groups -OCH3 is 2. The van der Waals surface area contributed by atoms with Crippen molar-refractivity contribution in [3.63, 3.8) is 0 Å². The molecule has 162 valence electrons. The van der Waals surface area contributed by atoms with E-state index in [0.717, 1.165) is 19.6 Å². The minimum Gasteiger partial charge on any atom is -0.490 e. The molecule has 0 unspecified atom stereocenters. The van der Waals surface area contributed by atoms with Gasteiger partial charge in [0.05, 0.1) is 52.9 Å². The molecule has 0 saturated heterocycles. The maximum atomic E-state index is 9.37. The summed E-state index contributed by atoms with van der Waals surface area (Å²) in [5.74, 6) is 0.527. The van der Waals surface area contributed by atoms with E-state index in [1.165, 1.54) is 0 Å². The van der Waals surface area contributed by atoms with Gasteiger partial charge in [0.2, 0.25) is 0 Å². The molecule has 1 aromatic carbocycles. The molecule has 0 heterocycles. The lowest BCUT2D eigenvalue weighted by molar-refractivity contribution is 0.0241. The van der Waals surface area contributed by atoms with E-state index < -0.39 is 0 Å². The average Bonchev–Trinajstić information content (AvgIpc) is 2.73. The first kappa shape index (κ1) is 24.8. The third-order valence-electron chi connectivity index (χ3n) is 4.14. The van der Waals surface area contributed by atoms with Crippen molar-refractivity contribution in [2.75, 3.05) is 80.1 Å². The molecule has 0 saturated carbocycles. The van der Waals surface area contributed by atoms with Gasteiger partial charge in [-0.1, -0.05) is 18.2 Å². The van der Waals surface area contributed by atoms with Gasteiger partial charge < -0.3 is 33.9 Å². The Labute approximate surface area is 167 Å². The summed E-state index contributed by atoms with van der Waals surface area (Å²) in [6.45, 7) is 5.97. The van der Waals surface area contributed by atoms with Crippen LogP contribution < -0.4 is 4.74 Å². The highest BCUT2D eigenvalue weighted by Gasteiger charge is 2.08. The molecule has 8 heteroatoms. The molecular formula is C20H35NO7. The van der Waals surface area contributed by atoms with Crippen molar-refractivity contribution in [3.05, 3.63) is 29.3 Å². The maximum absolute atomic E-state index is 9.37. The molecule has 0 radical (unpaired) electrons. The van der Waals surface area contributed by atoms with Crippen LogP contribution in [0.2, 0.25) is 0 Å². The van der Waals surface area contributed by atoms with Crippen LogP contribution in [-0.2, 0) is 32.2 Å². The third kappa shape index (κ3) is 10.3. The molecule has 0 bridgehead atoms. The number of aliphatic hydroxyl groups excluding tert-OH is 2. The number of aliphatic hydroxyl groups is 2. The van der Waals surface area contributed by atoms with Gasteiger partial charge >= 0.3 is 0 Å². The molecule has 0 aliphatic carbocycles. The third-order valence-corrected chi connectivity index (χ3v) is 4.14. The van der Waals surface area contributed by atoms with E-state index in [4.69, 9.17) is 23.7 Å². The van der Waals surface area contributed by atoms with Crippen LogP contribution in [0.1, 0.15) is 11.1 Å². The van der Waals surface area contributed by atoms with Crippen LogP contribution in [0.3, 0.4) is 0 Å². The van der Waals surface area contributed by atoms with E-state index in [0.29, 0.717) is 63.1 Å². The molecule has 2 N–H and O–H groups in total. The van der Waals surface area contributed by atoms with E-state index in [2.05, 4.69) is 4.90 Å². The molecule has 8 nitrogen and oxygen atoms in total. The van der Waals surface area contributed by atoms with Gasteiger partial charge in [-0.05, 0) is 0 Å². The van der Waals surface area contributed by atoms with E-state index in [-0.39, 0.29) is 13.2 Å². The van der Waals surface area contributed by atoms with Crippen LogP contribution in [0.4, 0.5) is 0 Å². The molecule has 0 amide bonds. The van der Waals surface area contributed by atoms with Gasteiger partial charge in [-0.25, -0.2) is 0 Å². The van der Waals surface area contributed by atoms with Crippen molar-refractivity contribution in [2.45, 2.75) is 13.2 Å². The van der Waals surface area contributed by atoms with Crippen LogP contribution in [0.15, 0.2) is 18.2 Å². The second-order valence-corrected chi connectivity index (χ2v) is 6.12. The highest BCUT2D eigenvalue weighted by Crippen LogP contribution is 2.24. The molecule has 0 aliphatic heterocycles. The normalized spacial score (nSPS) is 11.3. The summed E-state index contributed by atoms with van der Waals surface area (Å²) in [6.07, 6.45) is 0. The smallest absolute Gasteiger partial charge is 0.130 e. The number of rotatable bonds is 18. The quantitative estimate of drug-likeness (QED) is 0.347. The second-order valence-electron chi connectivity index (χ2n) is 6.12. The molecule has 0 atom stereocenters. The van der Waals surface area contributed by atoms with Crippen molar-refractivity contribution in [2.24, 2.45) is 0 Å². The maximum Gasteiger partial charge on any atom is 0.130 e. The molecule has 0 spiro atoms. The molecule has 0 aliphatic rings. The first-order chi connectivity index (χ1) is 13.8. The summed E-state index contributed by atoms with van der Waals surface area (Å²) in [5.41, 5.74) is 1.31. The monoisotopic (exact) mass is 401 g/mol. The van der Waals surface area contributed by atoms with Gasteiger partial charge in [0, 0.05) is 45.0 Å². The summed E-state index contributed by atoms with van der Waals surface area (Å²) in [6, 6.07) is 5.32. The van der Waals surface area contributed by atoms with Gasteiger partial charge in [-0.2, -0.15) is 0 Å². The largest absolute Gasteiger partial charge is 0.490 e. The summed E-state index contributed by atoms with van der Waals surface area (Å²) >= 11 is 0. The Bertz CT molecular complexity index is 471. The van der Waals surface area contributed by atoms with Gasteiger partial charge in [-0.15, -0.1) is 0 Å². The standard InChI is InChI=1S/C20H35NO7/c1-24-9-6-21(7-10-25-2)8-11-26-12-13-27-14-15-28-20-18(16-22)4-3-5-19(20)17-23/h3-5,22-23H,6-17H2,1-2H3. The molecule has 28 heavy (non-hydrogen) atoms.